The van der Waals surface area contributed by atoms with Crippen molar-refractivity contribution in [2.24, 2.45) is 0 Å². The lowest BCUT2D eigenvalue weighted by Gasteiger charge is -2.11. The maximum absolute atomic E-state index is 13.2. The van der Waals surface area contributed by atoms with Gasteiger partial charge in [-0.25, -0.2) is 9.67 Å². The summed E-state index contributed by atoms with van der Waals surface area (Å²) < 4.78 is 40.4. The van der Waals surface area contributed by atoms with Crippen molar-refractivity contribution in [3.8, 4) is 5.69 Å². The van der Waals surface area contributed by atoms with Crippen LogP contribution in [0.4, 0.5) is 19.0 Å². The van der Waals surface area contributed by atoms with Crippen LogP contribution in [0.2, 0.25) is 0 Å². The van der Waals surface area contributed by atoms with Crippen molar-refractivity contribution < 1.29 is 18.0 Å². The number of fused-ring (bicyclic) bond motifs is 1. The van der Waals surface area contributed by atoms with Crippen LogP contribution in [0, 0.1) is 0 Å². The van der Waals surface area contributed by atoms with Crippen LogP contribution in [0.5, 0.6) is 0 Å². The van der Waals surface area contributed by atoms with E-state index in [0.717, 1.165) is 22.3 Å². The smallest absolute Gasteiger partial charge is 0.305 e. The van der Waals surface area contributed by atoms with E-state index in [0.29, 0.717) is 11.3 Å². The maximum atomic E-state index is 13.2. The second kappa shape index (κ2) is 6.76. The molecule has 0 saturated heterocycles. The Hall–Kier alpha value is -3.75. The Morgan fingerprint density at radius 2 is 1.71 bits per heavy atom. The molecule has 28 heavy (non-hydrogen) atoms. The summed E-state index contributed by atoms with van der Waals surface area (Å²) in [6.45, 7) is 0. The van der Waals surface area contributed by atoms with Gasteiger partial charge in [0.2, 0.25) is 0 Å². The first kappa shape index (κ1) is 17.7. The third-order valence-corrected chi connectivity index (χ3v) is 4.02. The van der Waals surface area contributed by atoms with E-state index < -0.39 is 17.6 Å². The number of amides is 1. The number of carbonyl (C=O) groups excluding carboxylic acids is 1. The van der Waals surface area contributed by atoms with Gasteiger partial charge in [-0.2, -0.15) is 13.2 Å². The van der Waals surface area contributed by atoms with Crippen molar-refractivity contribution in [1.82, 2.24) is 20.0 Å². The van der Waals surface area contributed by atoms with Gasteiger partial charge in [0.05, 0.1) is 23.0 Å². The highest BCUT2D eigenvalue weighted by molar-refractivity contribution is 6.02. The van der Waals surface area contributed by atoms with Crippen LogP contribution in [-0.4, -0.2) is 25.9 Å². The summed E-state index contributed by atoms with van der Waals surface area (Å²) in [5.74, 6) is -0.326. The first-order chi connectivity index (χ1) is 13.4. The molecule has 4 rings (SSSR count). The molecule has 0 fully saturated rings. The number of pyridine rings is 1. The normalized spacial score (nSPS) is 11.5. The van der Waals surface area contributed by atoms with Crippen molar-refractivity contribution in [2.45, 2.75) is 6.18 Å². The average Bonchev–Trinajstić information content (AvgIpc) is 3.17. The Morgan fingerprint density at radius 1 is 0.964 bits per heavy atom. The quantitative estimate of drug-likeness (QED) is 0.578. The van der Waals surface area contributed by atoms with Crippen LogP contribution >= 0.6 is 0 Å². The van der Waals surface area contributed by atoms with Gasteiger partial charge in [0, 0.05) is 5.39 Å². The van der Waals surface area contributed by atoms with Gasteiger partial charge in [-0.15, -0.1) is 5.10 Å². The Balaban J connectivity index is 1.60. The lowest BCUT2D eigenvalue weighted by molar-refractivity contribution is -0.137. The molecule has 1 N–H and O–H groups in total. The zero-order chi connectivity index (χ0) is 19.7. The number of hydrogen-bond donors (Lipinski definition) is 1. The molecule has 0 aliphatic rings. The number of rotatable bonds is 3. The van der Waals surface area contributed by atoms with E-state index in [1.165, 1.54) is 18.2 Å². The average molecular weight is 383 g/mol. The van der Waals surface area contributed by atoms with Crippen LogP contribution in [0.1, 0.15) is 16.1 Å². The lowest BCUT2D eigenvalue weighted by atomic mass is 10.1. The minimum atomic E-state index is -4.56. The highest BCUT2D eigenvalue weighted by atomic mass is 19.4. The Bertz CT molecular complexity index is 1170. The third kappa shape index (κ3) is 3.41. The fourth-order valence-corrected chi connectivity index (χ4v) is 2.71. The zero-order valence-corrected chi connectivity index (χ0v) is 14.2. The molecule has 0 radical (unpaired) electrons. The van der Waals surface area contributed by atoms with E-state index in [9.17, 15) is 18.0 Å². The summed E-state index contributed by atoms with van der Waals surface area (Å²) in [6.07, 6.45) is -3.42. The Kier molecular flexibility index (Phi) is 4.26. The van der Waals surface area contributed by atoms with Crippen LogP contribution in [0.15, 0.2) is 66.9 Å². The Morgan fingerprint density at radius 3 is 2.54 bits per heavy atom. The zero-order valence-electron chi connectivity index (χ0n) is 14.2. The molecule has 0 bridgehead atoms. The van der Waals surface area contributed by atoms with Gasteiger partial charge in [0.1, 0.15) is 5.82 Å². The van der Waals surface area contributed by atoms with E-state index in [2.05, 4.69) is 20.6 Å². The molecule has 9 heteroatoms. The number of nitrogens with one attached hydrogen (secondary N) is 1. The molecule has 0 aliphatic carbocycles. The summed E-state index contributed by atoms with van der Waals surface area (Å²) in [6, 6.07) is 15.7. The number of carbonyl (C=O) groups is 1. The van der Waals surface area contributed by atoms with Crippen LogP contribution < -0.4 is 5.32 Å². The summed E-state index contributed by atoms with van der Waals surface area (Å²) in [4.78, 5) is 16.7. The second-order valence-electron chi connectivity index (χ2n) is 5.91. The van der Waals surface area contributed by atoms with Crippen LogP contribution in [0.3, 0.4) is 0 Å². The molecule has 2 aromatic carbocycles. The van der Waals surface area contributed by atoms with Gasteiger partial charge in [-0.1, -0.05) is 35.5 Å². The molecule has 0 spiro atoms. The number of benzene rings is 2. The van der Waals surface area contributed by atoms with E-state index in [1.807, 2.05) is 18.2 Å². The fraction of sp³-hybridized carbons (Fsp3) is 0.0526. The largest absolute Gasteiger partial charge is 0.418 e. The van der Waals surface area contributed by atoms with Gasteiger partial charge < -0.3 is 5.32 Å². The molecule has 140 valence electrons. The van der Waals surface area contributed by atoms with Crippen molar-refractivity contribution in [3.05, 3.63) is 78.1 Å². The SMILES string of the molecule is O=C(Nc1ccc2ccccc2n1)c1cn(-c2ccccc2C(F)(F)F)nn1. The molecular formula is C19H12F3N5O. The Labute approximate surface area is 156 Å². The topological polar surface area (TPSA) is 72.7 Å². The first-order valence-electron chi connectivity index (χ1n) is 8.18. The molecule has 0 saturated carbocycles. The number of halogens is 3. The van der Waals surface area contributed by atoms with E-state index in [4.69, 9.17) is 0 Å². The molecule has 2 heterocycles. The molecule has 4 aromatic rings. The third-order valence-electron chi connectivity index (χ3n) is 4.02. The first-order valence-corrected chi connectivity index (χ1v) is 8.18. The number of hydrogen-bond acceptors (Lipinski definition) is 4. The molecule has 2 aromatic heterocycles. The highest BCUT2D eigenvalue weighted by Gasteiger charge is 2.34. The van der Waals surface area contributed by atoms with Crippen molar-refractivity contribution in [2.75, 3.05) is 5.32 Å². The number of alkyl halides is 3. The predicted octanol–water partition coefficient (Wildman–Crippen LogP) is 4.09. The van der Waals surface area contributed by atoms with Crippen LogP contribution in [0.25, 0.3) is 16.6 Å². The number of para-hydroxylation sites is 2. The number of nitrogens with zero attached hydrogens (tertiary/aromatic N) is 4. The van der Waals surface area contributed by atoms with Gasteiger partial charge >= 0.3 is 6.18 Å². The predicted molar refractivity (Wildman–Crippen MR) is 96.1 cm³/mol. The summed E-state index contributed by atoms with van der Waals surface area (Å²) >= 11 is 0. The number of anilines is 1. The van der Waals surface area contributed by atoms with Gasteiger partial charge in [0.15, 0.2) is 5.69 Å². The van der Waals surface area contributed by atoms with Crippen molar-refractivity contribution >= 4 is 22.6 Å². The molecular weight excluding hydrogens is 371 g/mol. The lowest BCUT2D eigenvalue weighted by Crippen LogP contribution is -2.13. The summed E-state index contributed by atoms with van der Waals surface area (Å²) in [5.41, 5.74) is -0.525. The van der Waals surface area contributed by atoms with Gasteiger partial charge in [0.25, 0.3) is 5.91 Å². The monoisotopic (exact) mass is 383 g/mol. The van der Waals surface area contributed by atoms with E-state index in [1.54, 1.807) is 18.2 Å². The minimum absolute atomic E-state index is 0.132. The molecule has 6 nitrogen and oxygen atoms in total. The maximum Gasteiger partial charge on any atom is 0.418 e. The van der Waals surface area contributed by atoms with E-state index >= 15 is 0 Å². The molecule has 0 aliphatic heterocycles. The number of aromatic nitrogens is 4. The summed E-state index contributed by atoms with van der Waals surface area (Å²) in [7, 11) is 0. The molecule has 1 amide bonds. The highest BCUT2D eigenvalue weighted by Crippen LogP contribution is 2.33. The van der Waals surface area contributed by atoms with Crippen molar-refractivity contribution in [3.63, 3.8) is 0 Å². The van der Waals surface area contributed by atoms with E-state index in [-0.39, 0.29) is 11.4 Å². The van der Waals surface area contributed by atoms with Crippen molar-refractivity contribution in [1.29, 1.82) is 0 Å². The van der Waals surface area contributed by atoms with Gasteiger partial charge in [-0.3, -0.25) is 4.79 Å². The molecule has 0 atom stereocenters. The minimum Gasteiger partial charge on any atom is -0.305 e. The molecule has 0 unspecified atom stereocenters. The standard InChI is InChI=1S/C19H12F3N5O/c20-19(21,22)13-6-2-4-8-16(13)27-11-15(25-26-27)18(28)24-17-10-9-12-5-1-3-7-14(12)23-17/h1-11H,(H,23,24,28). The van der Waals surface area contributed by atoms with Crippen LogP contribution in [-0.2, 0) is 6.18 Å². The second-order valence-corrected chi connectivity index (χ2v) is 5.91. The van der Waals surface area contributed by atoms with Gasteiger partial charge in [-0.05, 0) is 30.3 Å². The fourth-order valence-electron chi connectivity index (χ4n) is 2.71. The summed E-state index contributed by atoms with van der Waals surface area (Å²) in [5, 5.41) is 10.8.